The Bertz CT molecular complexity index is 522. The molecule has 102 valence electrons. The van der Waals surface area contributed by atoms with Gasteiger partial charge in [0.05, 0.1) is 12.2 Å². The van der Waals surface area contributed by atoms with Crippen LogP contribution in [0.15, 0.2) is 18.2 Å². The predicted octanol–water partition coefficient (Wildman–Crippen LogP) is 3.32. The van der Waals surface area contributed by atoms with Crippen LogP contribution in [0.1, 0.15) is 30.0 Å². The molecule has 0 radical (unpaired) electrons. The van der Waals surface area contributed by atoms with Gasteiger partial charge in [-0.15, -0.1) is 0 Å². The molecule has 1 rings (SSSR count). The molecule has 0 bridgehead atoms. The molecule has 0 spiro atoms. The van der Waals surface area contributed by atoms with Crippen molar-refractivity contribution in [3.8, 4) is 11.8 Å². The van der Waals surface area contributed by atoms with Crippen LogP contribution in [0.5, 0.6) is 0 Å². The average Bonchev–Trinajstić information content (AvgIpc) is 2.30. The fourth-order valence-corrected chi connectivity index (χ4v) is 1.40. The monoisotopic (exact) mass is 270 g/mol. The quantitative estimate of drug-likeness (QED) is 0.608. The molecular weight excluding hydrogens is 257 g/mol. The van der Waals surface area contributed by atoms with Crippen molar-refractivity contribution in [2.24, 2.45) is 0 Å². The predicted molar refractivity (Wildman–Crippen MR) is 64.3 cm³/mol. The number of carbonyl (C=O) groups excluding carboxylic acids is 1. The maximum absolute atomic E-state index is 12.4. The van der Waals surface area contributed by atoms with Crippen LogP contribution in [0.25, 0.3) is 0 Å². The van der Waals surface area contributed by atoms with Gasteiger partial charge in [-0.3, -0.25) is 4.79 Å². The normalized spacial score (nSPS) is 10.6. The first-order valence-corrected chi connectivity index (χ1v) is 5.67. The van der Waals surface area contributed by atoms with E-state index in [1.165, 1.54) is 6.07 Å². The standard InChI is InChI=1S/C14H13F3O2/c1-3-19-13(18)6-4-5-11-7-8-12(9-10(11)2)14(15,16)17/h7-9H,3,6H2,1-2H3. The lowest BCUT2D eigenvalue weighted by Crippen LogP contribution is -2.05. The Hall–Kier alpha value is -1.96. The minimum Gasteiger partial charge on any atom is -0.465 e. The summed E-state index contributed by atoms with van der Waals surface area (Å²) in [5.74, 6) is 4.80. The summed E-state index contributed by atoms with van der Waals surface area (Å²) in [6.45, 7) is 3.51. The van der Waals surface area contributed by atoms with Crippen LogP contribution >= 0.6 is 0 Å². The molecule has 0 unspecified atom stereocenters. The second kappa shape index (κ2) is 6.28. The summed E-state index contributed by atoms with van der Waals surface area (Å²) >= 11 is 0. The molecule has 0 aliphatic carbocycles. The highest BCUT2D eigenvalue weighted by molar-refractivity contribution is 5.72. The van der Waals surface area contributed by atoms with E-state index < -0.39 is 17.7 Å². The number of ether oxygens (including phenoxy) is 1. The highest BCUT2D eigenvalue weighted by Crippen LogP contribution is 2.30. The number of esters is 1. The van der Waals surface area contributed by atoms with Crippen LogP contribution in [-0.2, 0) is 15.7 Å². The topological polar surface area (TPSA) is 26.3 Å². The largest absolute Gasteiger partial charge is 0.465 e. The number of aryl methyl sites for hydroxylation is 1. The number of alkyl halides is 3. The first kappa shape index (κ1) is 15.1. The van der Waals surface area contributed by atoms with Gasteiger partial charge in [0.15, 0.2) is 0 Å². The van der Waals surface area contributed by atoms with E-state index in [1.54, 1.807) is 13.8 Å². The van der Waals surface area contributed by atoms with E-state index in [0.717, 1.165) is 12.1 Å². The average molecular weight is 270 g/mol. The molecule has 0 N–H and O–H groups in total. The molecule has 0 aliphatic rings. The third-order valence-electron chi connectivity index (χ3n) is 2.31. The molecule has 5 heteroatoms. The Morgan fingerprint density at radius 1 is 1.37 bits per heavy atom. The van der Waals surface area contributed by atoms with Crippen LogP contribution in [0.2, 0.25) is 0 Å². The molecule has 0 aliphatic heterocycles. The SMILES string of the molecule is CCOC(=O)CC#Cc1ccc(C(F)(F)F)cc1C. The summed E-state index contributed by atoms with van der Waals surface area (Å²) < 4.78 is 42.0. The van der Waals surface area contributed by atoms with Gasteiger partial charge in [-0.2, -0.15) is 13.2 Å². The van der Waals surface area contributed by atoms with Crippen molar-refractivity contribution in [2.75, 3.05) is 6.61 Å². The number of halogens is 3. The Balaban J connectivity index is 2.82. The zero-order valence-corrected chi connectivity index (χ0v) is 10.6. The lowest BCUT2D eigenvalue weighted by molar-refractivity contribution is -0.142. The number of benzene rings is 1. The van der Waals surface area contributed by atoms with Crippen LogP contribution in [0.4, 0.5) is 13.2 Å². The Kier molecular flexibility index (Phi) is 4.99. The van der Waals surface area contributed by atoms with Crippen molar-refractivity contribution < 1.29 is 22.7 Å². The van der Waals surface area contributed by atoms with E-state index in [1.807, 2.05) is 0 Å². The van der Waals surface area contributed by atoms with E-state index in [-0.39, 0.29) is 13.0 Å². The minimum absolute atomic E-state index is 0.0751. The van der Waals surface area contributed by atoms with Gasteiger partial charge < -0.3 is 4.74 Å². The molecule has 0 heterocycles. The maximum atomic E-state index is 12.4. The lowest BCUT2D eigenvalue weighted by atomic mass is 10.1. The fraction of sp³-hybridized carbons (Fsp3) is 0.357. The maximum Gasteiger partial charge on any atom is 0.416 e. The van der Waals surface area contributed by atoms with Crippen LogP contribution in [-0.4, -0.2) is 12.6 Å². The summed E-state index contributed by atoms with van der Waals surface area (Å²) in [4.78, 5) is 11.0. The van der Waals surface area contributed by atoms with Gasteiger partial charge in [-0.25, -0.2) is 0 Å². The molecule has 19 heavy (non-hydrogen) atoms. The molecule has 0 saturated heterocycles. The molecule has 0 aromatic heterocycles. The Morgan fingerprint density at radius 3 is 2.58 bits per heavy atom. The molecule has 0 atom stereocenters. The van der Waals surface area contributed by atoms with Crippen molar-refractivity contribution in [3.63, 3.8) is 0 Å². The molecular formula is C14H13F3O2. The van der Waals surface area contributed by atoms with E-state index in [0.29, 0.717) is 11.1 Å². The summed E-state index contributed by atoms with van der Waals surface area (Å²) in [7, 11) is 0. The van der Waals surface area contributed by atoms with Crippen molar-refractivity contribution in [1.29, 1.82) is 0 Å². The van der Waals surface area contributed by atoms with Gasteiger partial charge in [-0.05, 0) is 37.6 Å². The Morgan fingerprint density at radius 2 is 2.05 bits per heavy atom. The van der Waals surface area contributed by atoms with Gasteiger partial charge in [0.2, 0.25) is 0 Å². The Labute approximate surface area is 109 Å². The van der Waals surface area contributed by atoms with Crippen molar-refractivity contribution in [1.82, 2.24) is 0 Å². The third kappa shape index (κ3) is 4.66. The molecule has 0 saturated carbocycles. The highest BCUT2D eigenvalue weighted by Gasteiger charge is 2.30. The van der Waals surface area contributed by atoms with Crippen molar-refractivity contribution in [2.45, 2.75) is 26.4 Å². The van der Waals surface area contributed by atoms with Crippen molar-refractivity contribution >= 4 is 5.97 Å². The molecule has 0 fully saturated rings. The van der Waals surface area contributed by atoms with Gasteiger partial charge in [0, 0.05) is 5.56 Å². The van der Waals surface area contributed by atoms with Crippen LogP contribution in [0, 0.1) is 18.8 Å². The number of hydrogen-bond acceptors (Lipinski definition) is 2. The van der Waals surface area contributed by atoms with Crippen LogP contribution in [0.3, 0.4) is 0 Å². The zero-order valence-electron chi connectivity index (χ0n) is 10.6. The van der Waals surface area contributed by atoms with E-state index in [2.05, 4.69) is 16.6 Å². The summed E-state index contributed by atoms with van der Waals surface area (Å²) in [6.07, 6.45) is -4.43. The van der Waals surface area contributed by atoms with Crippen molar-refractivity contribution in [3.05, 3.63) is 34.9 Å². The van der Waals surface area contributed by atoms with Gasteiger partial charge in [-0.1, -0.05) is 11.8 Å². The highest BCUT2D eigenvalue weighted by atomic mass is 19.4. The van der Waals surface area contributed by atoms with E-state index in [9.17, 15) is 18.0 Å². The smallest absolute Gasteiger partial charge is 0.416 e. The zero-order chi connectivity index (χ0) is 14.5. The van der Waals surface area contributed by atoms with E-state index >= 15 is 0 Å². The number of carbonyl (C=O) groups is 1. The first-order chi connectivity index (χ1) is 8.84. The molecule has 0 amide bonds. The van der Waals surface area contributed by atoms with Crippen LogP contribution < -0.4 is 0 Å². The van der Waals surface area contributed by atoms with Gasteiger partial charge >= 0.3 is 12.1 Å². The molecule has 2 nitrogen and oxygen atoms in total. The summed E-state index contributed by atoms with van der Waals surface area (Å²) in [5.41, 5.74) is 0.185. The summed E-state index contributed by atoms with van der Waals surface area (Å²) in [5, 5.41) is 0. The molecule has 1 aromatic rings. The lowest BCUT2D eigenvalue weighted by Gasteiger charge is -2.08. The summed E-state index contributed by atoms with van der Waals surface area (Å²) in [6, 6.07) is 3.31. The first-order valence-electron chi connectivity index (χ1n) is 5.67. The molecule has 1 aromatic carbocycles. The van der Waals surface area contributed by atoms with Gasteiger partial charge in [0.25, 0.3) is 0 Å². The number of rotatable bonds is 2. The fourth-order valence-electron chi connectivity index (χ4n) is 1.40. The van der Waals surface area contributed by atoms with E-state index in [4.69, 9.17) is 0 Å². The second-order valence-electron chi connectivity index (χ2n) is 3.81. The second-order valence-corrected chi connectivity index (χ2v) is 3.81. The number of hydrogen-bond donors (Lipinski definition) is 0. The minimum atomic E-state index is -4.36. The third-order valence-corrected chi connectivity index (χ3v) is 2.31. The van der Waals surface area contributed by atoms with Gasteiger partial charge in [0.1, 0.15) is 6.42 Å².